The maximum atomic E-state index is 14.8. The van der Waals surface area contributed by atoms with Crippen molar-refractivity contribution in [1.29, 1.82) is 0 Å². The summed E-state index contributed by atoms with van der Waals surface area (Å²) in [5.41, 5.74) is -2.19. The predicted molar refractivity (Wildman–Crippen MR) is 108 cm³/mol. The number of rotatable bonds is 7. The molecule has 0 radical (unpaired) electrons. The lowest BCUT2D eigenvalue weighted by atomic mass is 9.74. The fourth-order valence-corrected chi connectivity index (χ4v) is 5.55. The maximum absolute atomic E-state index is 14.8. The molecule has 1 aliphatic heterocycles. The van der Waals surface area contributed by atoms with Crippen LogP contribution in [0.2, 0.25) is 0 Å². The molecule has 0 aromatic heterocycles. The average molecular weight is 496 g/mol. The Morgan fingerprint density at radius 1 is 1.15 bits per heavy atom. The second-order valence-corrected chi connectivity index (χ2v) is 10.8. The van der Waals surface area contributed by atoms with Gasteiger partial charge in [-0.3, -0.25) is 4.79 Å². The van der Waals surface area contributed by atoms with Crippen LogP contribution < -0.4 is 9.46 Å². The molecule has 0 unspecified atom stereocenters. The molecule has 0 spiro atoms. The molecule has 2 saturated carbocycles. The van der Waals surface area contributed by atoms with Crippen molar-refractivity contribution >= 4 is 16.1 Å². The molecule has 2 aliphatic carbocycles. The van der Waals surface area contributed by atoms with Crippen molar-refractivity contribution < 1.29 is 39.9 Å². The van der Waals surface area contributed by atoms with Gasteiger partial charge >= 0.3 is 16.4 Å². The van der Waals surface area contributed by atoms with Gasteiger partial charge in [-0.1, -0.05) is 19.3 Å². The van der Waals surface area contributed by atoms with Crippen LogP contribution >= 0.6 is 0 Å². The summed E-state index contributed by atoms with van der Waals surface area (Å²) in [6, 6.07) is 1.99. The van der Waals surface area contributed by atoms with Crippen LogP contribution in [0.1, 0.15) is 66.8 Å². The van der Waals surface area contributed by atoms with Crippen molar-refractivity contribution in [3.8, 4) is 5.75 Å². The van der Waals surface area contributed by atoms with Gasteiger partial charge in [-0.05, 0) is 43.2 Å². The molecule has 33 heavy (non-hydrogen) atoms. The van der Waals surface area contributed by atoms with Crippen molar-refractivity contribution in [2.45, 2.75) is 63.2 Å². The number of nitrogens with one attached hydrogen (secondary N) is 1. The molecule has 1 aromatic rings. The lowest BCUT2D eigenvalue weighted by molar-refractivity contribution is -0.243. The number of halogens is 5. The average Bonchev–Trinajstić information content (AvgIpc) is 3.54. The van der Waals surface area contributed by atoms with Crippen LogP contribution in [-0.4, -0.2) is 50.7 Å². The molecule has 1 saturated heterocycles. The first-order valence-corrected chi connectivity index (χ1v) is 12.4. The lowest BCUT2D eigenvalue weighted by Crippen LogP contribution is -2.56. The minimum atomic E-state index is -4.46. The molecule has 1 heterocycles. The normalized spacial score (nSPS) is 22.0. The highest BCUT2D eigenvalue weighted by molar-refractivity contribution is 7.87. The van der Waals surface area contributed by atoms with E-state index in [2.05, 4.69) is 0 Å². The first kappa shape index (κ1) is 24.2. The summed E-state index contributed by atoms with van der Waals surface area (Å²) in [5.74, 6) is -2.52. The highest BCUT2D eigenvalue weighted by Crippen LogP contribution is 2.50. The zero-order valence-corrected chi connectivity index (χ0v) is 18.6. The Hall–Kier alpha value is -1.95. The van der Waals surface area contributed by atoms with E-state index >= 15 is 0 Å². The van der Waals surface area contributed by atoms with Crippen LogP contribution in [0.4, 0.5) is 22.0 Å². The molecule has 6 nitrogen and oxygen atoms in total. The van der Waals surface area contributed by atoms with Crippen LogP contribution in [0.5, 0.6) is 5.75 Å². The SMILES string of the molecule is O=C(NS(=O)(=O)N1CC(F)C1)c1cc(C2CC2)c(OCC2(C(F)(F)F)CCCCC2)cc1F. The number of ether oxygens (including phenoxy) is 1. The Bertz CT molecular complexity index is 1010. The topological polar surface area (TPSA) is 75.7 Å². The zero-order chi connectivity index (χ0) is 24.0. The van der Waals surface area contributed by atoms with Crippen molar-refractivity contribution in [2.24, 2.45) is 5.41 Å². The van der Waals surface area contributed by atoms with Crippen molar-refractivity contribution in [3.05, 3.63) is 29.1 Å². The van der Waals surface area contributed by atoms with Crippen LogP contribution in [0, 0.1) is 11.2 Å². The Kier molecular flexibility index (Phi) is 6.36. The van der Waals surface area contributed by atoms with E-state index in [4.69, 9.17) is 4.74 Å². The van der Waals surface area contributed by atoms with Gasteiger partial charge in [-0.2, -0.15) is 25.9 Å². The molecule has 1 N–H and O–H groups in total. The smallest absolute Gasteiger partial charge is 0.397 e. The number of benzene rings is 1. The van der Waals surface area contributed by atoms with Gasteiger partial charge in [0.15, 0.2) is 0 Å². The van der Waals surface area contributed by atoms with Gasteiger partial charge in [0.1, 0.15) is 24.3 Å². The van der Waals surface area contributed by atoms with Crippen LogP contribution in [0.15, 0.2) is 12.1 Å². The van der Waals surface area contributed by atoms with E-state index in [0.717, 1.165) is 18.6 Å². The molecule has 12 heteroatoms. The Balaban J connectivity index is 1.54. The first-order valence-electron chi connectivity index (χ1n) is 10.9. The maximum Gasteiger partial charge on any atom is 0.397 e. The quantitative estimate of drug-likeness (QED) is 0.574. The van der Waals surface area contributed by atoms with Gasteiger partial charge in [0.05, 0.1) is 11.0 Å². The van der Waals surface area contributed by atoms with E-state index in [-0.39, 0.29) is 24.5 Å². The summed E-state index contributed by atoms with van der Waals surface area (Å²) in [6.45, 7) is -1.44. The summed E-state index contributed by atoms with van der Waals surface area (Å²) in [5, 5.41) is 0. The molecule has 1 amide bonds. The van der Waals surface area contributed by atoms with Crippen LogP contribution in [0.25, 0.3) is 0 Å². The Morgan fingerprint density at radius 2 is 1.79 bits per heavy atom. The number of carbonyl (C=O) groups is 1. The third-order valence-electron chi connectivity index (χ3n) is 6.64. The number of amides is 1. The van der Waals surface area contributed by atoms with E-state index in [9.17, 15) is 35.2 Å². The van der Waals surface area contributed by atoms with Crippen molar-refractivity contribution in [1.82, 2.24) is 9.03 Å². The number of carbonyl (C=O) groups excluding carboxylic acids is 1. The number of nitrogens with zero attached hydrogens (tertiary/aromatic N) is 1. The number of hydrogen-bond acceptors (Lipinski definition) is 4. The third kappa shape index (κ3) is 4.96. The van der Waals surface area contributed by atoms with Gasteiger partial charge < -0.3 is 4.74 Å². The molecule has 3 aliphatic rings. The summed E-state index contributed by atoms with van der Waals surface area (Å²) in [6.07, 6.45) is -2.95. The summed E-state index contributed by atoms with van der Waals surface area (Å²) >= 11 is 0. The minimum absolute atomic E-state index is 0.0632. The van der Waals surface area contributed by atoms with E-state index < -0.39 is 65.0 Å². The van der Waals surface area contributed by atoms with Gasteiger partial charge in [0, 0.05) is 19.2 Å². The summed E-state index contributed by atoms with van der Waals surface area (Å²) in [4.78, 5) is 12.5. The fourth-order valence-electron chi connectivity index (χ4n) is 4.36. The molecular formula is C21H25F5N2O4S. The molecule has 1 aromatic carbocycles. The molecule has 4 rings (SSSR count). The molecular weight excluding hydrogens is 471 g/mol. The number of hydrogen-bond donors (Lipinski definition) is 1. The molecule has 0 bridgehead atoms. The third-order valence-corrected chi connectivity index (χ3v) is 8.06. The van der Waals surface area contributed by atoms with E-state index in [1.165, 1.54) is 0 Å². The Labute approximate surface area is 188 Å². The largest absolute Gasteiger partial charge is 0.492 e. The molecule has 3 fully saturated rings. The van der Waals surface area contributed by atoms with Gasteiger partial charge in [-0.15, -0.1) is 0 Å². The predicted octanol–water partition coefficient (Wildman–Crippen LogP) is 4.22. The van der Waals surface area contributed by atoms with E-state index in [0.29, 0.717) is 35.6 Å². The molecule has 0 atom stereocenters. The number of alkyl halides is 4. The van der Waals surface area contributed by atoms with E-state index in [1.54, 1.807) is 4.72 Å². The van der Waals surface area contributed by atoms with Crippen molar-refractivity contribution in [2.75, 3.05) is 19.7 Å². The summed E-state index contributed by atoms with van der Waals surface area (Å²) in [7, 11) is -4.33. The summed E-state index contributed by atoms with van der Waals surface area (Å²) < 4.78 is 101. The van der Waals surface area contributed by atoms with Crippen LogP contribution in [-0.2, 0) is 10.2 Å². The van der Waals surface area contributed by atoms with E-state index in [1.807, 2.05) is 0 Å². The molecule has 184 valence electrons. The van der Waals surface area contributed by atoms with Crippen molar-refractivity contribution in [3.63, 3.8) is 0 Å². The van der Waals surface area contributed by atoms with Gasteiger partial charge in [0.25, 0.3) is 5.91 Å². The highest BCUT2D eigenvalue weighted by atomic mass is 32.2. The zero-order valence-electron chi connectivity index (χ0n) is 17.8. The second kappa shape index (κ2) is 8.68. The minimum Gasteiger partial charge on any atom is -0.492 e. The van der Waals surface area contributed by atoms with Crippen LogP contribution in [0.3, 0.4) is 0 Å². The van der Waals surface area contributed by atoms with Gasteiger partial charge in [-0.25, -0.2) is 13.5 Å². The highest BCUT2D eigenvalue weighted by Gasteiger charge is 2.55. The monoisotopic (exact) mass is 496 g/mol. The Morgan fingerprint density at radius 3 is 2.33 bits per heavy atom. The fraction of sp³-hybridized carbons (Fsp3) is 0.667. The standard InChI is InChI=1S/C21H25F5N2O4S/c22-14-10-28(11-14)33(30,31)27-19(29)16-8-15(13-4-5-13)18(9-17(16)23)32-12-20(21(24,25)26)6-2-1-3-7-20/h8-9,13-14H,1-7,10-12H2,(H,27,29). The second-order valence-electron chi connectivity index (χ2n) is 9.12. The van der Waals surface area contributed by atoms with Gasteiger partial charge in [0.2, 0.25) is 0 Å². The first-order chi connectivity index (χ1) is 15.4. The lowest BCUT2D eigenvalue weighted by Gasteiger charge is -2.38.